The molecule has 4 aromatic rings. The van der Waals surface area contributed by atoms with E-state index in [0.717, 1.165) is 16.5 Å². The molecule has 0 saturated carbocycles. The lowest BCUT2D eigenvalue weighted by Gasteiger charge is -2.29. The van der Waals surface area contributed by atoms with Gasteiger partial charge in [-0.05, 0) is 73.2 Å². The lowest BCUT2D eigenvalue weighted by Crippen LogP contribution is -2.54. The summed E-state index contributed by atoms with van der Waals surface area (Å²) in [6.45, 7) is 1.80. The summed E-state index contributed by atoms with van der Waals surface area (Å²) >= 11 is 11.5. The van der Waals surface area contributed by atoms with Crippen molar-refractivity contribution in [2.75, 3.05) is 10.2 Å². The van der Waals surface area contributed by atoms with Crippen LogP contribution < -0.4 is 15.5 Å². The number of fused-ring (bicyclic) bond motifs is 1. The van der Waals surface area contributed by atoms with E-state index in [1.165, 1.54) is 35.2 Å². The summed E-state index contributed by atoms with van der Waals surface area (Å²) in [6, 6.07) is 17.9. The zero-order valence-corrected chi connectivity index (χ0v) is 21.6. The van der Waals surface area contributed by atoms with Crippen molar-refractivity contribution < 1.29 is 18.8 Å². The molecule has 0 spiro atoms. The number of para-hydroxylation sites is 1. The molecule has 1 aromatic heterocycles. The number of amides is 3. The van der Waals surface area contributed by atoms with Gasteiger partial charge in [-0.2, -0.15) is 0 Å². The quantitative estimate of drug-likeness (QED) is 0.204. The Kier molecular flexibility index (Phi) is 6.79. The molecular formula is C28H20ClFN4O3S. The number of hydrogen-bond acceptors (Lipinski definition) is 4. The fourth-order valence-electron chi connectivity index (χ4n) is 4.18. The van der Waals surface area contributed by atoms with Crippen molar-refractivity contribution in [2.45, 2.75) is 13.5 Å². The van der Waals surface area contributed by atoms with Crippen molar-refractivity contribution in [1.29, 1.82) is 0 Å². The maximum absolute atomic E-state index is 13.5. The highest BCUT2D eigenvalue weighted by Crippen LogP contribution is 2.29. The summed E-state index contributed by atoms with van der Waals surface area (Å²) < 4.78 is 14.9. The first kappa shape index (κ1) is 25.3. The topological polar surface area (TPSA) is 83.4 Å². The summed E-state index contributed by atoms with van der Waals surface area (Å²) in [5, 5.41) is 6.46. The minimum Gasteiger partial charge on any atom is -0.337 e. The minimum absolute atomic E-state index is 0.0424. The summed E-state index contributed by atoms with van der Waals surface area (Å²) in [4.78, 5) is 40.2. The molecule has 0 bridgehead atoms. The van der Waals surface area contributed by atoms with E-state index in [4.69, 9.17) is 23.8 Å². The molecule has 3 amide bonds. The van der Waals surface area contributed by atoms with Gasteiger partial charge in [0.1, 0.15) is 17.9 Å². The number of carbonyl (C=O) groups is 3. The highest BCUT2D eigenvalue weighted by Gasteiger charge is 2.35. The van der Waals surface area contributed by atoms with Gasteiger partial charge in [-0.3, -0.25) is 24.6 Å². The number of benzene rings is 3. The molecule has 0 radical (unpaired) electrons. The Morgan fingerprint density at radius 3 is 2.58 bits per heavy atom. The van der Waals surface area contributed by atoms with Crippen LogP contribution in [-0.4, -0.2) is 27.4 Å². The fourth-order valence-corrected chi connectivity index (χ4v) is 4.63. The number of hydrogen-bond donors (Lipinski definition) is 2. The molecule has 5 rings (SSSR count). The average Bonchev–Trinajstić information content (AvgIpc) is 3.22. The molecule has 38 heavy (non-hydrogen) atoms. The van der Waals surface area contributed by atoms with Crippen LogP contribution in [0.4, 0.5) is 15.8 Å². The van der Waals surface area contributed by atoms with Crippen LogP contribution in [0.15, 0.2) is 78.5 Å². The summed E-state index contributed by atoms with van der Waals surface area (Å²) in [5.41, 5.74) is 2.92. The molecule has 0 aliphatic carbocycles. The highest BCUT2D eigenvalue weighted by atomic mass is 35.5. The summed E-state index contributed by atoms with van der Waals surface area (Å²) in [6.07, 6.45) is 3.18. The third-order valence-corrected chi connectivity index (χ3v) is 6.77. The van der Waals surface area contributed by atoms with Gasteiger partial charge in [0.2, 0.25) is 5.91 Å². The van der Waals surface area contributed by atoms with Crippen LogP contribution in [-0.2, 0) is 20.9 Å². The minimum atomic E-state index is -0.625. The van der Waals surface area contributed by atoms with Crippen molar-refractivity contribution in [3.63, 3.8) is 0 Å². The SMILES string of the molecule is Cc1ccc(N2C(=O)/C(=C/c3cn(CC(=O)Nc4ccc(F)cc4)c4ccccc34)C(=O)NC2=S)cc1Cl. The normalized spacial score (nSPS) is 14.8. The summed E-state index contributed by atoms with van der Waals surface area (Å²) in [7, 11) is 0. The number of aryl methyl sites for hydroxylation is 1. The smallest absolute Gasteiger partial charge is 0.270 e. The Morgan fingerprint density at radius 2 is 1.84 bits per heavy atom. The molecule has 2 heterocycles. The number of nitrogens with one attached hydrogen (secondary N) is 2. The lowest BCUT2D eigenvalue weighted by atomic mass is 10.1. The molecule has 3 aromatic carbocycles. The highest BCUT2D eigenvalue weighted by molar-refractivity contribution is 7.80. The van der Waals surface area contributed by atoms with E-state index < -0.39 is 17.6 Å². The number of aromatic nitrogens is 1. The molecule has 1 fully saturated rings. The Hall–Kier alpha value is -4.34. The van der Waals surface area contributed by atoms with Gasteiger partial charge < -0.3 is 9.88 Å². The summed E-state index contributed by atoms with van der Waals surface area (Å²) in [5.74, 6) is -1.94. The van der Waals surface area contributed by atoms with Crippen LogP contribution in [0, 0.1) is 12.7 Å². The van der Waals surface area contributed by atoms with Crippen LogP contribution in [0.3, 0.4) is 0 Å². The standard InChI is InChI=1S/C28H20ClFN4O3S/c1-16-6-11-20(13-23(16)29)34-27(37)22(26(36)32-28(34)38)12-17-14-33(24-5-3-2-4-21(17)24)15-25(35)31-19-9-7-18(30)8-10-19/h2-14H,15H2,1H3,(H,31,35)(H,32,36,38)/b22-12+. The van der Waals surface area contributed by atoms with Crippen molar-refractivity contribution in [1.82, 2.24) is 9.88 Å². The van der Waals surface area contributed by atoms with Crippen molar-refractivity contribution >= 4 is 75.0 Å². The molecule has 1 aliphatic rings. The van der Waals surface area contributed by atoms with Crippen LogP contribution in [0.2, 0.25) is 5.02 Å². The van der Waals surface area contributed by atoms with Gasteiger partial charge in [0.15, 0.2) is 5.11 Å². The van der Waals surface area contributed by atoms with Gasteiger partial charge in [-0.1, -0.05) is 35.9 Å². The number of halogens is 2. The van der Waals surface area contributed by atoms with Crippen molar-refractivity contribution in [2.24, 2.45) is 0 Å². The maximum atomic E-state index is 13.5. The molecule has 1 aliphatic heterocycles. The lowest BCUT2D eigenvalue weighted by molar-refractivity contribution is -0.122. The van der Waals surface area contributed by atoms with Crippen LogP contribution >= 0.6 is 23.8 Å². The van der Waals surface area contributed by atoms with Gasteiger partial charge in [0, 0.05) is 33.4 Å². The zero-order chi connectivity index (χ0) is 27.0. The monoisotopic (exact) mass is 546 g/mol. The maximum Gasteiger partial charge on any atom is 0.270 e. The molecule has 2 N–H and O–H groups in total. The van der Waals surface area contributed by atoms with Crippen LogP contribution in [0.25, 0.3) is 17.0 Å². The number of carbonyl (C=O) groups excluding carboxylic acids is 3. The Morgan fingerprint density at radius 1 is 1.11 bits per heavy atom. The average molecular weight is 547 g/mol. The number of thiocarbonyl (C=S) groups is 1. The molecule has 1 saturated heterocycles. The van der Waals surface area contributed by atoms with Crippen molar-refractivity contribution in [3.05, 3.63) is 100 Å². The first-order chi connectivity index (χ1) is 18.2. The van der Waals surface area contributed by atoms with E-state index in [2.05, 4.69) is 10.6 Å². The third kappa shape index (κ3) is 4.93. The second-order valence-corrected chi connectivity index (χ2v) is 9.47. The first-order valence-electron chi connectivity index (χ1n) is 11.5. The predicted molar refractivity (Wildman–Crippen MR) is 149 cm³/mol. The van der Waals surface area contributed by atoms with Crippen molar-refractivity contribution in [3.8, 4) is 0 Å². The molecule has 7 nitrogen and oxygen atoms in total. The predicted octanol–water partition coefficient (Wildman–Crippen LogP) is 5.21. The molecule has 10 heteroatoms. The zero-order valence-electron chi connectivity index (χ0n) is 20.0. The van der Waals surface area contributed by atoms with E-state index in [0.29, 0.717) is 22.0 Å². The van der Waals surface area contributed by atoms with E-state index in [1.54, 1.807) is 29.0 Å². The van der Waals surface area contributed by atoms with E-state index in [1.807, 2.05) is 31.2 Å². The van der Waals surface area contributed by atoms with E-state index in [9.17, 15) is 18.8 Å². The van der Waals surface area contributed by atoms with Crippen LogP contribution in [0.5, 0.6) is 0 Å². The van der Waals surface area contributed by atoms with Gasteiger partial charge in [0.05, 0.1) is 5.69 Å². The number of rotatable bonds is 5. The second-order valence-electron chi connectivity index (χ2n) is 8.68. The van der Waals surface area contributed by atoms with Gasteiger partial charge >= 0.3 is 0 Å². The second kappa shape index (κ2) is 10.2. The fraction of sp³-hybridized carbons (Fsp3) is 0.0714. The van der Waals surface area contributed by atoms with Crippen LogP contribution in [0.1, 0.15) is 11.1 Å². The Balaban J connectivity index is 1.48. The molecule has 190 valence electrons. The molecule has 0 unspecified atom stereocenters. The molecule has 0 atom stereocenters. The molecular weight excluding hydrogens is 527 g/mol. The van der Waals surface area contributed by atoms with Gasteiger partial charge in [0.25, 0.3) is 11.8 Å². The number of anilines is 2. The Labute approximate surface area is 227 Å². The largest absolute Gasteiger partial charge is 0.337 e. The van der Waals surface area contributed by atoms with Gasteiger partial charge in [-0.25, -0.2) is 4.39 Å². The third-order valence-electron chi connectivity index (χ3n) is 6.08. The van der Waals surface area contributed by atoms with Gasteiger partial charge in [-0.15, -0.1) is 0 Å². The van der Waals surface area contributed by atoms with E-state index in [-0.39, 0.29) is 23.1 Å². The number of nitrogens with zero attached hydrogens (tertiary/aromatic N) is 2. The Bertz CT molecular complexity index is 1660. The first-order valence-corrected chi connectivity index (χ1v) is 12.3. The van der Waals surface area contributed by atoms with E-state index >= 15 is 0 Å².